The van der Waals surface area contributed by atoms with Crippen molar-refractivity contribution in [3.05, 3.63) is 113 Å². The van der Waals surface area contributed by atoms with Crippen molar-refractivity contribution < 1.29 is 24.2 Å². The van der Waals surface area contributed by atoms with Crippen molar-refractivity contribution in [1.82, 2.24) is 10.2 Å². The number of nitrogens with zero attached hydrogens (tertiary/aromatic N) is 1. The summed E-state index contributed by atoms with van der Waals surface area (Å²) >= 11 is 0. The molecule has 1 aliphatic rings. The summed E-state index contributed by atoms with van der Waals surface area (Å²) in [6, 6.07) is 29.6. The zero-order chi connectivity index (χ0) is 27.2. The van der Waals surface area contributed by atoms with Gasteiger partial charge in [0.1, 0.15) is 5.75 Å². The van der Waals surface area contributed by atoms with Gasteiger partial charge in [-0.3, -0.25) is 4.79 Å². The first kappa shape index (κ1) is 26.3. The summed E-state index contributed by atoms with van der Waals surface area (Å²) in [5, 5.41) is 14.9. The molecule has 7 nitrogen and oxygen atoms in total. The molecule has 200 valence electrons. The van der Waals surface area contributed by atoms with Crippen LogP contribution in [0.4, 0.5) is 4.79 Å². The minimum absolute atomic E-state index is 0.0731. The number of fused-ring (bicyclic) bond motifs is 1. The normalized spacial score (nSPS) is 17.1. The monoisotopic (exact) mass is 524 g/mol. The largest absolute Gasteiger partial charge is 0.497 e. The molecule has 0 saturated carbocycles. The number of benzene rings is 4. The Kier molecular flexibility index (Phi) is 8.08. The predicted molar refractivity (Wildman–Crippen MR) is 150 cm³/mol. The van der Waals surface area contributed by atoms with Gasteiger partial charge in [-0.2, -0.15) is 0 Å². The standard InChI is InChI=1S/C32H32N2O5/c1-38-28-14-12-26(13-15-28)31(35)33-19-22-6-10-25(11-7-22)29-16-17-34(32(36)37)20-30(29)39-21-23-8-9-24-4-2-3-5-27(24)18-23/h2-15,18,29-30H,16-17,19-21H2,1H3,(H,33,35)(H,36,37). The van der Waals surface area contributed by atoms with Crippen molar-refractivity contribution in [2.75, 3.05) is 20.2 Å². The predicted octanol–water partition coefficient (Wildman–Crippen LogP) is 5.83. The molecule has 2 amide bonds. The molecule has 2 unspecified atom stereocenters. The fourth-order valence-electron chi connectivity index (χ4n) is 5.08. The van der Waals surface area contributed by atoms with E-state index in [4.69, 9.17) is 9.47 Å². The second-order valence-corrected chi connectivity index (χ2v) is 9.81. The number of piperidine rings is 1. The van der Waals surface area contributed by atoms with E-state index in [2.05, 4.69) is 47.8 Å². The summed E-state index contributed by atoms with van der Waals surface area (Å²) in [4.78, 5) is 25.6. The van der Waals surface area contributed by atoms with E-state index in [0.29, 0.717) is 44.0 Å². The SMILES string of the molecule is COc1ccc(C(=O)NCc2ccc(C3CCN(C(=O)O)CC3OCc3ccc4ccccc4c3)cc2)cc1. The Bertz CT molecular complexity index is 1440. The van der Waals surface area contributed by atoms with Crippen LogP contribution in [0.5, 0.6) is 5.75 Å². The third-order valence-corrected chi connectivity index (χ3v) is 7.32. The molecule has 1 aliphatic heterocycles. The number of hydrogen-bond acceptors (Lipinski definition) is 4. The lowest BCUT2D eigenvalue weighted by Crippen LogP contribution is -2.46. The van der Waals surface area contributed by atoms with Crippen LogP contribution in [0.2, 0.25) is 0 Å². The highest BCUT2D eigenvalue weighted by atomic mass is 16.5. The average molecular weight is 525 g/mol. The van der Waals surface area contributed by atoms with E-state index in [-0.39, 0.29) is 17.9 Å². The molecule has 2 N–H and O–H groups in total. The van der Waals surface area contributed by atoms with Crippen molar-refractivity contribution in [1.29, 1.82) is 0 Å². The van der Waals surface area contributed by atoms with E-state index in [0.717, 1.165) is 22.1 Å². The van der Waals surface area contributed by atoms with E-state index in [9.17, 15) is 14.7 Å². The van der Waals surface area contributed by atoms with Crippen molar-refractivity contribution >= 4 is 22.8 Å². The summed E-state index contributed by atoms with van der Waals surface area (Å²) in [5.41, 5.74) is 3.72. The average Bonchev–Trinajstić information content (AvgIpc) is 2.99. The number of nitrogens with one attached hydrogen (secondary N) is 1. The number of likely N-dealkylation sites (tertiary alicyclic amines) is 1. The number of hydrogen-bond donors (Lipinski definition) is 2. The van der Waals surface area contributed by atoms with Gasteiger partial charge in [-0.25, -0.2) is 4.79 Å². The van der Waals surface area contributed by atoms with Gasteiger partial charge in [-0.15, -0.1) is 0 Å². The quantitative estimate of drug-likeness (QED) is 0.303. The molecule has 0 spiro atoms. The lowest BCUT2D eigenvalue weighted by molar-refractivity contribution is -0.0199. The van der Waals surface area contributed by atoms with Crippen molar-refractivity contribution in [2.45, 2.75) is 31.6 Å². The molecular formula is C32H32N2O5. The third-order valence-electron chi connectivity index (χ3n) is 7.32. The van der Waals surface area contributed by atoms with Gasteiger partial charge in [0.05, 0.1) is 26.4 Å². The fraction of sp³-hybridized carbons (Fsp3) is 0.250. The molecule has 7 heteroatoms. The van der Waals surface area contributed by atoms with E-state index < -0.39 is 6.09 Å². The topological polar surface area (TPSA) is 88.1 Å². The molecule has 0 aromatic heterocycles. The molecule has 5 rings (SSSR count). The molecule has 2 atom stereocenters. The summed E-state index contributed by atoms with van der Waals surface area (Å²) in [5.74, 6) is 0.629. The second kappa shape index (κ2) is 12.0. The maximum absolute atomic E-state index is 12.5. The Morgan fingerprint density at radius 3 is 2.36 bits per heavy atom. The Labute approximate surface area is 228 Å². The Morgan fingerprint density at radius 1 is 0.923 bits per heavy atom. The van der Waals surface area contributed by atoms with E-state index in [1.54, 1.807) is 31.4 Å². The van der Waals surface area contributed by atoms with Gasteiger partial charge in [0.2, 0.25) is 0 Å². The van der Waals surface area contributed by atoms with Crippen LogP contribution in [0.15, 0.2) is 91.0 Å². The zero-order valence-corrected chi connectivity index (χ0v) is 21.9. The second-order valence-electron chi connectivity index (χ2n) is 9.81. The van der Waals surface area contributed by atoms with E-state index in [1.807, 2.05) is 24.3 Å². The number of carboxylic acid groups (broad SMARTS) is 1. The minimum Gasteiger partial charge on any atom is -0.497 e. The van der Waals surface area contributed by atoms with Gasteiger partial charge >= 0.3 is 6.09 Å². The summed E-state index contributed by atoms with van der Waals surface area (Å²) in [6.45, 7) is 1.61. The van der Waals surface area contributed by atoms with Crippen LogP contribution in [0.1, 0.15) is 39.4 Å². The summed E-state index contributed by atoms with van der Waals surface area (Å²) < 4.78 is 11.5. The van der Waals surface area contributed by atoms with Gasteiger partial charge in [0.15, 0.2) is 0 Å². The zero-order valence-electron chi connectivity index (χ0n) is 21.9. The highest BCUT2D eigenvalue weighted by Gasteiger charge is 2.33. The first-order chi connectivity index (χ1) is 19.0. The number of carbonyl (C=O) groups excluding carboxylic acids is 1. The van der Waals surface area contributed by atoms with Crippen LogP contribution in [0, 0.1) is 0 Å². The van der Waals surface area contributed by atoms with Crippen LogP contribution >= 0.6 is 0 Å². The maximum Gasteiger partial charge on any atom is 0.407 e. The number of ether oxygens (including phenoxy) is 2. The molecule has 0 aliphatic carbocycles. The minimum atomic E-state index is -0.921. The van der Waals surface area contributed by atoms with Crippen LogP contribution in [-0.2, 0) is 17.9 Å². The Balaban J connectivity index is 1.24. The van der Waals surface area contributed by atoms with Crippen LogP contribution < -0.4 is 10.1 Å². The highest BCUT2D eigenvalue weighted by Crippen LogP contribution is 2.32. The van der Waals surface area contributed by atoms with Crippen LogP contribution in [0.3, 0.4) is 0 Å². The van der Waals surface area contributed by atoms with E-state index in [1.165, 1.54) is 10.3 Å². The molecule has 1 fully saturated rings. The lowest BCUT2D eigenvalue weighted by Gasteiger charge is -2.37. The third kappa shape index (κ3) is 6.38. The van der Waals surface area contributed by atoms with Crippen molar-refractivity contribution in [3.8, 4) is 5.75 Å². The lowest BCUT2D eigenvalue weighted by atomic mass is 9.86. The molecule has 4 aromatic rings. The van der Waals surface area contributed by atoms with Crippen molar-refractivity contribution in [2.24, 2.45) is 0 Å². The Hall–Kier alpha value is -4.36. The van der Waals surface area contributed by atoms with Crippen LogP contribution in [-0.4, -0.2) is 48.3 Å². The summed E-state index contributed by atoms with van der Waals surface area (Å²) in [7, 11) is 1.59. The van der Waals surface area contributed by atoms with Gasteiger partial charge in [-0.1, -0.05) is 60.7 Å². The van der Waals surface area contributed by atoms with Gasteiger partial charge in [0.25, 0.3) is 5.91 Å². The number of carbonyl (C=O) groups is 2. The molecule has 39 heavy (non-hydrogen) atoms. The molecule has 1 heterocycles. The highest BCUT2D eigenvalue weighted by molar-refractivity contribution is 5.94. The first-order valence-corrected chi connectivity index (χ1v) is 13.1. The van der Waals surface area contributed by atoms with E-state index >= 15 is 0 Å². The van der Waals surface area contributed by atoms with Crippen molar-refractivity contribution in [3.63, 3.8) is 0 Å². The molecule has 0 bridgehead atoms. The smallest absolute Gasteiger partial charge is 0.407 e. The molecular weight excluding hydrogens is 492 g/mol. The van der Waals surface area contributed by atoms with Gasteiger partial charge in [-0.05, 0) is 64.2 Å². The Morgan fingerprint density at radius 2 is 1.64 bits per heavy atom. The summed E-state index contributed by atoms with van der Waals surface area (Å²) in [6.07, 6.45) is -0.500. The van der Waals surface area contributed by atoms with Gasteiger partial charge < -0.3 is 24.8 Å². The fourth-order valence-corrected chi connectivity index (χ4v) is 5.08. The van der Waals surface area contributed by atoms with Gasteiger partial charge in [0, 0.05) is 24.6 Å². The molecule has 4 aromatic carbocycles. The molecule has 0 radical (unpaired) electrons. The number of amides is 2. The number of methoxy groups -OCH3 is 1. The molecule has 1 saturated heterocycles. The number of rotatable bonds is 8. The maximum atomic E-state index is 12.5. The van der Waals surface area contributed by atoms with Crippen LogP contribution in [0.25, 0.3) is 10.8 Å². The first-order valence-electron chi connectivity index (χ1n) is 13.1.